The fourth-order valence-corrected chi connectivity index (χ4v) is 3.40. The van der Waals surface area contributed by atoms with Crippen molar-refractivity contribution in [2.24, 2.45) is 0 Å². The minimum atomic E-state index is -0.409. The zero-order chi connectivity index (χ0) is 19.4. The van der Waals surface area contributed by atoms with Gasteiger partial charge in [0.2, 0.25) is 5.91 Å². The van der Waals surface area contributed by atoms with Crippen molar-refractivity contribution in [2.45, 2.75) is 32.2 Å². The number of likely N-dealkylation sites (N-methyl/N-ethyl adjacent to an activating group) is 1. The first-order valence-corrected chi connectivity index (χ1v) is 9.28. The number of carbonyl (C=O) groups is 2. The van der Waals surface area contributed by atoms with Crippen LogP contribution >= 0.6 is 0 Å². The van der Waals surface area contributed by atoms with Gasteiger partial charge in [-0.2, -0.15) is 0 Å². The molecule has 0 bridgehead atoms. The number of amides is 2. The SMILES string of the molecule is CCCC[C@@H]1C(=O)N(C)CCN1C(=O)c1ccc(-c2ccncc2F)cc1. The highest BCUT2D eigenvalue weighted by molar-refractivity contribution is 5.98. The van der Waals surface area contributed by atoms with Gasteiger partial charge < -0.3 is 9.80 Å². The first-order chi connectivity index (χ1) is 13.0. The topological polar surface area (TPSA) is 53.5 Å². The van der Waals surface area contributed by atoms with Gasteiger partial charge in [-0.3, -0.25) is 14.6 Å². The molecule has 0 aliphatic carbocycles. The molecular formula is C21H24FN3O2. The van der Waals surface area contributed by atoms with Crippen molar-refractivity contribution in [1.29, 1.82) is 0 Å². The fraction of sp³-hybridized carbons (Fsp3) is 0.381. The second-order valence-electron chi connectivity index (χ2n) is 6.85. The van der Waals surface area contributed by atoms with E-state index in [4.69, 9.17) is 0 Å². The lowest BCUT2D eigenvalue weighted by Gasteiger charge is -2.39. The molecule has 27 heavy (non-hydrogen) atoms. The summed E-state index contributed by atoms with van der Waals surface area (Å²) in [7, 11) is 1.78. The van der Waals surface area contributed by atoms with E-state index in [2.05, 4.69) is 11.9 Å². The highest BCUT2D eigenvalue weighted by Gasteiger charge is 2.35. The standard InChI is InChI=1S/C21H24FN3O2/c1-3-4-5-19-21(27)24(2)12-13-25(19)20(26)16-8-6-15(7-9-16)17-10-11-23-14-18(17)22/h6-11,14,19H,3-5,12-13H2,1-2H3/t19-/m1/s1. The van der Waals surface area contributed by atoms with Gasteiger partial charge in [0.05, 0.1) is 6.20 Å². The van der Waals surface area contributed by atoms with Crippen molar-refractivity contribution in [3.05, 3.63) is 54.1 Å². The molecule has 3 rings (SSSR count). The van der Waals surface area contributed by atoms with E-state index >= 15 is 0 Å². The molecule has 0 N–H and O–H groups in total. The van der Waals surface area contributed by atoms with Crippen molar-refractivity contribution in [2.75, 3.05) is 20.1 Å². The Kier molecular flexibility index (Phi) is 5.84. The van der Waals surface area contributed by atoms with Gasteiger partial charge in [-0.25, -0.2) is 4.39 Å². The van der Waals surface area contributed by atoms with E-state index in [1.807, 2.05) is 0 Å². The number of aromatic nitrogens is 1. The monoisotopic (exact) mass is 369 g/mol. The number of carbonyl (C=O) groups excluding carboxylic acids is 2. The maximum absolute atomic E-state index is 13.9. The largest absolute Gasteiger partial charge is 0.342 e. The van der Waals surface area contributed by atoms with E-state index in [1.54, 1.807) is 47.2 Å². The molecular weight excluding hydrogens is 345 g/mol. The van der Waals surface area contributed by atoms with E-state index in [1.165, 1.54) is 12.4 Å². The van der Waals surface area contributed by atoms with Crippen LogP contribution in [0.3, 0.4) is 0 Å². The Morgan fingerprint density at radius 1 is 1.22 bits per heavy atom. The lowest BCUT2D eigenvalue weighted by Crippen LogP contribution is -2.57. The molecule has 1 atom stereocenters. The molecule has 1 saturated heterocycles. The summed E-state index contributed by atoms with van der Waals surface area (Å²) in [6.45, 7) is 3.13. The summed E-state index contributed by atoms with van der Waals surface area (Å²) in [6.07, 6.45) is 5.25. The second-order valence-corrected chi connectivity index (χ2v) is 6.85. The molecule has 1 aromatic carbocycles. The minimum absolute atomic E-state index is 0.00136. The van der Waals surface area contributed by atoms with Gasteiger partial charge in [0.25, 0.3) is 5.91 Å². The molecule has 2 heterocycles. The highest BCUT2D eigenvalue weighted by atomic mass is 19.1. The Morgan fingerprint density at radius 3 is 2.63 bits per heavy atom. The molecule has 0 unspecified atom stereocenters. The molecule has 2 amide bonds. The van der Waals surface area contributed by atoms with Crippen LogP contribution in [0, 0.1) is 5.82 Å². The molecule has 0 saturated carbocycles. The number of pyridine rings is 1. The smallest absolute Gasteiger partial charge is 0.254 e. The third-order valence-electron chi connectivity index (χ3n) is 5.02. The summed E-state index contributed by atoms with van der Waals surface area (Å²) >= 11 is 0. The first-order valence-electron chi connectivity index (χ1n) is 9.28. The van der Waals surface area contributed by atoms with Crippen LogP contribution in [0.2, 0.25) is 0 Å². The van der Waals surface area contributed by atoms with Crippen molar-refractivity contribution >= 4 is 11.8 Å². The molecule has 2 aromatic rings. The zero-order valence-corrected chi connectivity index (χ0v) is 15.7. The number of hydrogen-bond donors (Lipinski definition) is 0. The summed E-state index contributed by atoms with van der Waals surface area (Å²) in [4.78, 5) is 32.7. The van der Waals surface area contributed by atoms with Crippen LogP contribution in [-0.4, -0.2) is 52.8 Å². The summed E-state index contributed by atoms with van der Waals surface area (Å²) in [5, 5.41) is 0. The van der Waals surface area contributed by atoms with Gasteiger partial charge in [-0.15, -0.1) is 0 Å². The van der Waals surface area contributed by atoms with Crippen LogP contribution in [0.25, 0.3) is 11.1 Å². The molecule has 0 spiro atoms. The first kappa shape index (κ1) is 19.0. The number of unbranched alkanes of at least 4 members (excludes halogenated alkanes) is 1. The van der Waals surface area contributed by atoms with Crippen molar-refractivity contribution in [3.63, 3.8) is 0 Å². The van der Waals surface area contributed by atoms with Crippen molar-refractivity contribution < 1.29 is 14.0 Å². The summed E-state index contributed by atoms with van der Waals surface area (Å²) in [5.41, 5.74) is 1.63. The maximum atomic E-state index is 13.9. The molecule has 6 heteroatoms. The Labute approximate surface area is 158 Å². The number of piperazine rings is 1. The lowest BCUT2D eigenvalue weighted by molar-refractivity contribution is -0.138. The number of halogens is 1. The van der Waals surface area contributed by atoms with Crippen LogP contribution in [-0.2, 0) is 4.79 Å². The zero-order valence-electron chi connectivity index (χ0n) is 15.7. The average molecular weight is 369 g/mol. The normalized spacial score (nSPS) is 17.3. The lowest BCUT2D eigenvalue weighted by atomic mass is 10.0. The van der Waals surface area contributed by atoms with Gasteiger partial charge >= 0.3 is 0 Å². The van der Waals surface area contributed by atoms with Gasteiger partial charge in [-0.1, -0.05) is 31.9 Å². The summed E-state index contributed by atoms with van der Waals surface area (Å²) < 4.78 is 13.9. The Morgan fingerprint density at radius 2 is 1.96 bits per heavy atom. The third kappa shape index (κ3) is 3.99. The molecule has 1 aliphatic rings. The quantitative estimate of drug-likeness (QED) is 0.812. The van der Waals surface area contributed by atoms with E-state index in [0.29, 0.717) is 36.2 Å². The fourth-order valence-electron chi connectivity index (χ4n) is 3.40. The number of nitrogens with zero attached hydrogens (tertiary/aromatic N) is 3. The summed E-state index contributed by atoms with van der Waals surface area (Å²) in [5.74, 6) is -0.557. The van der Waals surface area contributed by atoms with E-state index in [9.17, 15) is 14.0 Å². The number of hydrogen-bond acceptors (Lipinski definition) is 3. The van der Waals surface area contributed by atoms with Crippen molar-refractivity contribution in [1.82, 2.24) is 14.8 Å². The Bertz CT molecular complexity index is 822. The van der Waals surface area contributed by atoms with Gasteiger partial charge in [0.15, 0.2) is 0 Å². The van der Waals surface area contributed by atoms with Crippen LogP contribution < -0.4 is 0 Å². The minimum Gasteiger partial charge on any atom is -0.342 e. The van der Waals surface area contributed by atoms with Crippen LogP contribution in [0.4, 0.5) is 4.39 Å². The number of rotatable bonds is 5. The highest BCUT2D eigenvalue weighted by Crippen LogP contribution is 2.24. The second kappa shape index (κ2) is 8.29. The van der Waals surface area contributed by atoms with E-state index in [-0.39, 0.29) is 11.8 Å². The average Bonchev–Trinajstić information content (AvgIpc) is 2.69. The van der Waals surface area contributed by atoms with Crippen molar-refractivity contribution in [3.8, 4) is 11.1 Å². The van der Waals surface area contributed by atoms with Crippen LogP contribution in [0.15, 0.2) is 42.7 Å². The Hall–Kier alpha value is -2.76. The van der Waals surface area contributed by atoms with Gasteiger partial charge in [0, 0.05) is 37.5 Å². The van der Waals surface area contributed by atoms with Crippen LogP contribution in [0.1, 0.15) is 36.5 Å². The molecule has 0 radical (unpaired) electrons. The van der Waals surface area contributed by atoms with E-state index < -0.39 is 11.9 Å². The predicted octanol–water partition coefficient (Wildman–Crippen LogP) is 3.36. The molecule has 5 nitrogen and oxygen atoms in total. The molecule has 1 aliphatic heterocycles. The maximum Gasteiger partial charge on any atom is 0.254 e. The van der Waals surface area contributed by atoms with Gasteiger partial charge in [0.1, 0.15) is 11.9 Å². The van der Waals surface area contributed by atoms with E-state index in [0.717, 1.165) is 12.8 Å². The Balaban J connectivity index is 1.82. The number of benzene rings is 1. The molecule has 142 valence electrons. The molecule has 1 aromatic heterocycles. The third-order valence-corrected chi connectivity index (χ3v) is 5.02. The van der Waals surface area contributed by atoms with Gasteiger partial charge in [-0.05, 0) is 30.2 Å². The molecule has 1 fully saturated rings. The predicted molar refractivity (Wildman–Crippen MR) is 102 cm³/mol. The van der Waals surface area contributed by atoms with Crippen LogP contribution in [0.5, 0.6) is 0 Å². The summed E-state index contributed by atoms with van der Waals surface area (Å²) in [6, 6.07) is 8.03.